The lowest BCUT2D eigenvalue weighted by molar-refractivity contribution is -0.384. The van der Waals surface area contributed by atoms with Crippen molar-refractivity contribution >= 4 is 29.2 Å². The normalized spacial score (nSPS) is 19.0. The zero-order chi connectivity index (χ0) is 23.2. The van der Waals surface area contributed by atoms with Gasteiger partial charge in [0.15, 0.2) is 5.78 Å². The standard InChI is InChI=1S/C24H23N5O3S/c1-24(2)12-18-20(19(30)13-24)21(16-9-6-10-17(11-16)29(31)32)28-22(25-18)26-23(27-28)33-14-15-7-4-3-5-8-15/h3-11,21H,12-14H2,1-2H3,(H,25,26,27). The molecule has 168 valence electrons. The maximum atomic E-state index is 13.3. The van der Waals surface area contributed by atoms with Crippen LogP contribution in [0, 0.1) is 15.5 Å². The maximum Gasteiger partial charge on any atom is 0.269 e. The number of fused-ring (bicyclic) bond motifs is 1. The fourth-order valence-corrected chi connectivity index (χ4v) is 5.27. The van der Waals surface area contributed by atoms with Crippen molar-refractivity contribution in [3.05, 3.63) is 87.1 Å². The van der Waals surface area contributed by atoms with Gasteiger partial charge in [0.25, 0.3) is 5.69 Å². The van der Waals surface area contributed by atoms with E-state index in [2.05, 4.69) is 24.1 Å². The number of allylic oxidation sites excluding steroid dienone is 2. The summed E-state index contributed by atoms with van der Waals surface area (Å²) in [5.74, 6) is 1.29. The highest BCUT2D eigenvalue weighted by molar-refractivity contribution is 7.98. The van der Waals surface area contributed by atoms with Crippen molar-refractivity contribution < 1.29 is 9.72 Å². The van der Waals surface area contributed by atoms with Crippen LogP contribution < -0.4 is 5.32 Å². The summed E-state index contributed by atoms with van der Waals surface area (Å²) >= 11 is 1.51. The number of Topliss-reactive ketones (excluding diaryl/α,β-unsaturated/α-hetero) is 1. The number of nitrogens with one attached hydrogen (secondary N) is 1. The van der Waals surface area contributed by atoms with Crippen molar-refractivity contribution in [2.75, 3.05) is 5.32 Å². The molecule has 0 saturated carbocycles. The van der Waals surface area contributed by atoms with Crippen LogP contribution in [0.2, 0.25) is 0 Å². The van der Waals surface area contributed by atoms with E-state index < -0.39 is 11.0 Å². The summed E-state index contributed by atoms with van der Waals surface area (Å²) < 4.78 is 1.70. The smallest absolute Gasteiger partial charge is 0.269 e. The molecule has 8 nitrogen and oxygen atoms in total. The van der Waals surface area contributed by atoms with Crippen LogP contribution in [-0.2, 0) is 10.5 Å². The first-order chi connectivity index (χ1) is 15.8. The van der Waals surface area contributed by atoms with E-state index in [1.165, 1.54) is 23.9 Å². The van der Waals surface area contributed by atoms with E-state index in [1.54, 1.807) is 10.7 Å². The predicted octanol–water partition coefficient (Wildman–Crippen LogP) is 5.14. The summed E-state index contributed by atoms with van der Waals surface area (Å²) in [6.45, 7) is 4.14. The average molecular weight is 462 g/mol. The Hall–Kier alpha value is -3.46. The number of thioether (sulfide) groups is 1. The van der Waals surface area contributed by atoms with Gasteiger partial charge in [-0.25, -0.2) is 4.68 Å². The Labute approximate surface area is 195 Å². The number of carbonyl (C=O) groups excluding carboxylic acids is 1. The SMILES string of the molecule is CC1(C)CC(=O)C2=C(C1)Nc1nc(SCc3ccccc3)nn1C2c1cccc([N+](=O)[O-])c1. The minimum atomic E-state index is -0.557. The number of ketones is 1. The molecule has 0 spiro atoms. The van der Waals surface area contributed by atoms with Gasteiger partial charge in [-0.2, -0.15) is 4.98 Å². The number of non-ortho nitro benzene ring substituents is 1. The lowest BCUT2D eigenvalue weighted by Gasteiger charge is -2.38. The lowest BCUT2D eigenvalue weighted by atomic mass is 9.73. The molecule has 0 fully saturated rings. The van der Waals surface area contributed by atoms with Crippen molar-refractivity contribution in [1.29, 1.82) is 0 Å². The molecule has 1 N–H and O–H groups in total. The maximum absolute atomic E-state index is 13.3. The molecular formula is C24H23N5O3S. The number of hydrogen-bond donors (Lipinski definition) is 1. The summed E-state index contributed by atoms with van der Waals surface area (Å²) in [5.41, 5.74) is 3.06. The molecule has 1 unspecified atom stereocenters. The van der Waals surface area contributed by atoms with Gasteiger partial charge in [0.05, 0.1) is 4.92 Å². The third-order valence-corrected chi connectivity index (χ3v) is 6.83. The molecular weight excluding hydrogens is 438 g/mol. The van der Waals surface area contributed by atoms with Crippen molar-refractivity contribution in [1.82, 2.24) is 14.8 Å². The predicted molar refractivity (Wildman–Crippen MR) is 126 cm³/mol. The Morgan fingerprint density at radius 2 is 1.97 bits per heavy atom. The number of carbonyl (C=O) groups is 1. The quantitative estimate of drug-likeness (QED) is 0.319. The van der Waals surface area contributed by atoms with Crippen molar-refractivity contribution in [3.63, 3.8) is 0 Å². The first-order valence-electron chi connectivity index (χ1n) is 10.7. The molecule has 33 heavy (non-hydrogen) atoms. The Kier molecular flexibility index (Phi) is 5.28. The molecule has 0 bridgehead atoms. The van der Waals surface area contributed by atoms with Gasteiger partial charge < -0.3 is 5.32 Å². The van der Waals surface area contributed by atoms with E-state index in [0.717, 1.165) is 11.3 Å². The molecule has 0 radical (unpaired) electrons. The largest absolute Gasteiger partial charge is 0.328 e. The second-order valence-electron chi connectivity index (χ2n) is 9.15. The van der Waals surface area contributed by atoms with E-state index in [0.29, 0.717) is 40.8 Å². The van der Waals surface area contributed by atoms with Gasteiger partial charge in [-0.05, 0) is 23.0 Å². The van der Waals surface area contributed by atoms with E-state index in [9.17, 15) is 14.9 Å². The third-order valence-electron chi connectivity index (χ3n) is 5.92. The first-order valence-corrected chi connectivity index (χ1v) is 11.7. The number of anilines is 1. The van der Waals surface area contributed by atoms with Crippen LogP contribution in [0.25, 0.3) is 0 Å². The Balaban J connectivity index is 1.57. The summed E-state index contributed by atoms with van der Waals surface area (Å²) in [5, 5.41) is 20.1. The van der Waals surface area contributed by atoms with Gasteiger partial charge >= 0.3 is 0 Å². The average Bonchev–Trinajstić information content (AvgIpc) is 3.18. The zero-order valence-electron chi connectivity index (χ0n) is 18.3. The number of nitro groups is 1. The number of nitrogens with zero attached hydrogens (tertiary/aromatic N) is 4. The number of nitro benzene ring substituents is 1. The summed E-state index contributed by atoms with van der Waals surface area (Å²) in [4.78, 5) is 29.0. The Morgan fingerprint density at radius 3 is 2.73 bits per heavy atom. The fourth-order valence-electron chi connectivity index (χ4n) is 4.49. The third kappa shape index (κ3) is 4.16. The minimum absolute atomic E-state index is 0.0166. The first kappa shape index (κ1) is 21.4. The molecule has 9 heteroatoms. The highest BCUT2D eigenvalue weighted by Gasteiger charge is 2.42. The zero-order valence-corrected chi connectivity index (χ0v) is 19.1. The van der Waals surface area contributed by atoms with Gasteiger partial charge in [-0.3, -0.25) is 14.9 Å². The molecule has 3 aromatic rings. The van der Waals surface area contributed by atoms with E-state index in [4.69, 9.17) is 5.10 Å². The molecule has 1 aliphatic carbocycles. The van der Waals surface area contributed by atoms with Gasteiger partial charge in [0, 0.05) is 35.6 Å². The Morgan fingerprint density at radius 1 is 1.18 bits per heavy atom. The highest BCUT2D eigenvalue weighted by Crippen LogP contribution is 2.46. The molecule has 2 aromatic carbocycles. The lowest BCUT2D eigenvalue weighted by Crippen LogP contribution is -2.36. The van der Waals surface area contributed by atoms with Crippen LogP contribution in [0.5, 0.6) is 0 Å². The highest BCUT2D eigenvalue weighted by atomic mass is 32.2. The van der Waals surface area contributed by atoms with Gasteiger partial charge in [-0.1, -0.05) is 68.1 Å². The molecule has 1 atom stereocenters. The van der Waals surface area contributed by atoms with Crippen LogP contribution >= 0.6 is 11.8 Å². The molecule has 2 heterocycles. The van der Waals surface area contributed by atoms with Crippen LogP contribution in [-0.4, -0.2) is 25.5 Å². The number of benzene rings is 2. The van der Waals surface area contributed by atoms with Crippen molar-refractivity contribution in [3.8, 4) is 0 Å². The van der Waals surface area contributed by atoms with Gasteiger partial charge in [-0.15, -0.1) is 5.10 Å². The van der Waals surface area contributed by atoms with Crippen molar-refractivity contribution in [2.24, 2.45) is 5.41 Å². The second-order valence-corrected chi connectivity index (χ2v) is 10.1. The number of rotatable bonds is 5. The van der Waals surface area contributed by atoms with E-state index >= 15 is 0 Å². The molecule has 1 aromatic heterocycles. The van der Waals surface area contributed by atoms with Gasteiger partial charge in [0.1, 0.15) is 6.04 Å². The topological polar surface area (TPSA) is 103 Å². The molecule has 2 aliphatic rings. The van der Waals surface area contributed by atoms with Gasteiger partial charge in [0.2, 0.25) is 11.1 Å². The summed E-state index contributed by atoms with van der Waals surface area (Å²) in [6, 6.07) is 15.9. The number of hydrogen-bond acceptors (Lipinski definition) is 7. The monoisotopic (exact) mass is 461 g/mol. The number of aromatic nitrogens is 3. The van der Waals surface area contributed by atoms with Crippen LogP contribution in [0.1, 0.15) is 43.9 Å². The van der Waals surface area contributed by atoms with Crippen molar-refractivity contribution in [2.45, 2.75) is 43.6 Å². The van der Waals surface area contributed by atoms with Crippen LogP contribution in [0.4, 0.5) is 11.6 Å². The molecule has 5 rings (SSSR count). The molecule has 1 aliphatic heterocycles. The Bertz CT molecular complexity index is 1280. The van der Waals surface area contributed by atoms with Crippen LogP contribution in [0.3, 0.4) is 0 Å². The van der Waals surface area contributed by atoms with E-state index in [-0.39, 0.29) is 16.9 Å². The summed E-state index contributed by atoms with van der Waals surface area (Å²) in [6.07, 6.45) is 1.11. The second kappa shape index (κ2) is 8.15. The fraction of sp³-hybridized carbons (Fsp3) is 0.292. The summed E-state index contributed by atoms with van der Waals surface area (Å²) in [7, 11) is 0. The minimum Gasteiger partial charge on any atom is -0.328 e. The molecule has 0 saturated heterocycles. The van der Waals surface area contributed by atoms with Crippen LogP contribution in [0.15, 0.2) is 71.0 Å². The van der Waals surface area contributed by atoms with E-state index in [1.807, 2.05) is 36.4 Å². The molecule has 0 amide bonds.